The number of nitrogens with one attached hydrogen (secondary N) is 2. The van der Waals surface area contributed by atoms with Crippen molar-refractivity contribution in [3.05, 3.63) is 0 Å². The normalized spacial score (nSPS) is 44.6. The van der Waals surface area contributed by atoms with Crippen LogP contribution in [0.25, 0.3) is 0 Å². The largest absolute Gasteiger partial charge is 0.466 e. The fourth-order valence-corrected chi connectivity index (χ4v) is 3.48. The van der Waals surface area contributed by atoms with Crippen molar-refractivity contribution in [2.24, 2.45) is 17.8 Å². The maximum absolute atomic E-state index is 11.9. The van der Waals surface area contributed by atoms with Gasteiger partial charge >= 0.3 is 12.0 Å². The fourth-order valence-electron chi connectivity index (χ4n) is 3.48. The number of hydrogen-bond donors (Lipinski definition) is 3. The molecule has 3 amide bonds. The molecule has 3 fully saturated rings. The summed E-state index contributed by atoms with van der Waals surface area (Å²) in [5, 5.41) is 14.6. The topological polar surface area (TPSA) is 105 Å². The van der Waals surface area contributed by atoms with Gasteiger partial charge in [0, 0.05) is 18.3 Å². The van der Waals surface area contributed by atoms with E-state index in [0.717, 1.165) is 0 Å². The van der Waals surface area contributed by atoms with Crippen LogP contribution in [0.2, 0.25) is 0 Å². The standard InChI is InChI=1S/C11H14N2O5/c1-2-18-8(15)6-5-4(14)3-11(7(5)6)9(16)12-10(17)13-11/h4-7,14H,2-3H2,1H3,(H2,12,13,16,17)/t4-,5-,6-,7-,11?/m0/s1. The minimum atomic E-state index is -1.13. The maximum atomic E-state index is 11.9. The molecule has 7 heteroatoms. The molecule has 1 aliphatic heterocycles. The molecule has 0 aromatic heterocycles. The van der Waals surface area contributed by atoms with Gasteiger partial charge in [0.05, 0.1) is 18.6 Å². The Morgan fingerprint density at radius 1 is 1.56 bits per heavy atom. The first-order valence-corrected chi connectivity index (χ1v) is 5.99. The maximum Gasteiger partial charge on any atom is 0.322 e. The lowest BCUT2D eigenvalue weighted by atomic mass is 9.90. The van der Waals surface area contributed by atoms with Gasteiger partial charge in [-0.2, -0.15) is 0 Å². The van der Waals surface area contributed by atoms with Crippen molar-refractivity contribution in [1.29, 1.82) is 0 Å². The second-order valence-electron chi connectivity index (χ2n) is 5.03. The number of amides is 3. The molecule has 3 N–H and O–H groups in total. The lowest BCUT2D eigenvalue weighted by molar-refractivity contribution is -0.146. The van der Waals surface area contributed by atoms with Gasteiger partial charge in [0.25, 0.3) is 5.91 Å². The van der Waals surface area contributed by atoms with Crippen LogP contribution in [0.4, 0.5) is 4.79 Å². The number of urea groups is 1. The van der Waals surface area contributed by atoms with Crippen LogP contribution in [0, 0.1) is 17.8 Å². The molecule has 98 valence electrons. The second-order valence-corrected chi connectivity index (χ2v) is 5.03. The van der Waals surface area contributed by atoms with Crippen molar-refractivity contribution in [3.63, 3.8) is 0 Å². The molecule has 5 atom stereocenters. The Bertz CT molecular complexity index is 451. The third kappa shape index (κ3) is 1.25. The molecule has 1 spiro atoms. The summed E-state index contributed by atoms with van der Waals surface area (Å²) in [6.07, 6.45) is -0.593. The molecular weight excluding hydrogens is 240 g/mol. The Labute approximate surface area is 103 Å². The molecule has 0 aromatic carbocycles. The molecule has 3 aliphatic rings. The van der Waals surface area contributed by atoms with Gasteiger partial charge in [-0.15, -0.1) is 0 Å². The van der Waals surface area contributed by atoms with Crippen molar-refractivity contribution in [1.82, 2.24) is 10.6 Å². The van der Waals surface area contributed by atoms with Crippen LogP contribution in [0.5, 0.6) is 0 Å². The predicted molar refractivity (Wildman–Crippen MR) is 57.1 cm³/mol. The quantitative estimate of drug-likeness (QED) is 0.422. The highest BCUT2D eigenvalue weighted by atomic mass is 16.5. The summed E-state index contributed by atoms with van der Waals surface area (Å²) < 4.78 is 4.92. The molecule has 7 nitrogen and oxygen atoms in total. The van der Waals surface area contributed by atoms with E-state index in [1.54, 1.807) is 6.92 Å². The van der Waals surface area contributed by atoms with Crippen molar-refractivity contribution >= 4 is 17.9 Å². The van der Waals surface area contributed by atoms with E-state index >= 15 is 0 Å². The highest BCUT2D eigenvalue weighted by Crippen LogP contribution is 2.63. The number of hydrogen-bond acceptors (Lipinski definition) is 5. The van der Waals surface area contributed by atoms with Gasteiger partial charge in [-0.25, -0.2) is 4.79 Å². The third-order valence-corrected chi connectivity index (χ3v) is 4.15. The minimum Gasteiger partial charge on any atom is -0.466 e. The number of rotatable bonds is 2. The molecule has 1 unspecified atom stereocenters. The molecule has 2 saturated carbocycles. The summed E-state index contributed by atoms with van der Waals surface area (Å²) in [7, 11) is 0. The number of carbonyl (C=O) groups is 3. The number of ether oxygens (including phenoxy) is 1. The van der Waals surface area contributed by atoms with Crippen LogP contribution < -0.4 is 10.6 Å². The van der Waals surface area contributed by atoms with Gasteiger partial charge < -0.3 is 15.2 Å². The van der Waals surface area contributed by atoms with E-state index in [0.29, 0.717) is 0 Å². The van der Waals surface area contributed by atoms with Crippen molar-refractivity contribution < 1.29 is 24.2 Å². The number of carbonyl (C=O) groups excluding carboxylic acids is 3. The molecular formula is C11H14N2O5. The molecule has 3 rings (SSSR count). The summed E-state index contributed by atoms with van der Waals surface area (Å²) in [6, 6.07) is -0.567. The minimum absolute atomic E-state index is 0.163. The zero-order chi connectivity index (χ0) is 13.1. The second kappa shape index (κ2) is 3.44. The van der Waals surface area contributed by atoms with Gasteiger partial charge in [0.15, 0.2) is 0 Å². The SMILES string of the molecule is CCOC(=O)[C@H]1[C@H]2[C@@H]1C1(C[C@@H]2O)NC(=O)NC1=O. The first-order valence-electron chi connectivity index (χ1n) is 5.99. The van der Waals surface area contributed by atoms with Crippen LogP contribution in [0.15, 0.2) is 0 Å². The van der Waals surface area contributed by atoms with Gasteiger partial charge in [-0.3, -0.25) is 14.9 Å². The third-order valence-electron chi connectivity index (χ3n) is 4.15. The number of fused-ring (bicyclic) bond motifs is 2. The number of imide groups is 1. The average molecular weight is 254 g/mol. The van der Waals surface area contributed by atoms with Crippen molar-refractivity contribution in [3.8, 4) is 0 Å². The number of aliphatic hydroxyl groups excluding tert-OH is 1. The van der Waals surface area contributed by atoms with Crippen molar-refractivity contribution in [2.75, 3.05) is 6.61 Å². The lowest BCUT2D eigenvalue weighted by Crippen LogP contribution is -2.49. The van der Waals surface area contributed by atoms with Crippen LogP contribution in [0.1, 0.15) is 13.3 Å². The van der Waals surface area contributed by atoms with E-state index in [9.17, 15) is 19.5 Å². The highest BCUT2D eigenvalue weighted by molar-refractivity contribution is 6.08. The van der Waals surface area contributed by atoms with Crippen LogP contribution in [-0.4, -0.2) is 41.3 Å². The zero-order valence-electron chi connectivity index (χ0n) is 9.80. The van der Waals surface area contributed by atoms with E-state index in [-0.39, 0.29) is 24.9 Å². The molecule has 1 saturated heterocycles. The summed E-state index contributed by atoms with van der Waals surface area (Å²) in [5.41, 5.74) is -1.13. The lowest BCUT2D eigenvalue weighted by Gasteiger charge is -2.24. The van der Waals surface area contributed by atoms with E-state index in [2.05, 4.69) is 10.6 Å². The Balaban J connectivity index is 1.86. The molecule has 0 bridgehead atoms. The Morgan fingerprint density at radius 2 is 2.28 bits per heavy atom. The first kappa shape index (κ1) is 11.5. The van der Waals surface area contributed by atoms with Crippen molar-refractivity contribution in [2.45, 2.75) is 25.0 Å². The average Bonchev–Trinajstić information content (AvgIpc) is 2.89. The van der Waals surface area contributed by atoms with Crippen LogP contribution in [0.3, 0.4) is 0 Å². The predicted octanol–water partition coefficient (Wildman–Crippen LogP) is -1.25. The Kier molecular flexibility index (Phi) is 2.19. The summed E-state index contributed by atoms with van der Waals surface area (Å²) in [5.74, 6) is -1.98. The Hall–Kier alpha value is -1.63. The molecule has 0 radical (unpaired) electrons. The fraction of sp³-hybridized carbons (Fsp3) is 0.727. The molecule has 2 aliphatic carbocycles. The monoisotopic (exact) mass is 254 g/mol. The van der Waals surface area contributed by atoms with Gasteiger partial charge in [0.2, 0.25) is 0 Å². The smallest absolute Gasteiger partial charge is 0.322 e. The summed E-state index contributed by atoms with van der Waals surface area (Å²) >= 11 is 0. The molecule has 18 heavy (non-hydrogen) atoms. The number of esters is 1. The molecule has 0 aromatic rings. The summed E-state index contributed by atoms with van der Waals surface area (Å²) in [6.45, 7) is 1.96. The van der Waals surface area contributed by atoms with Gasteiger partial charge in [-0.1, -0.05) is 0 Å². The van der Waals surface area contributed by atoms with Crippen LogP contribution in [-0.2, 0) is 14.3 Å². The Morgan fingerprint density at radius 3 is 2.83 bits per heavy atom. The molecule has 1 heterocycles. The van der Waals surface area contributed by atoms with Crippen LogP contribution >= 0.6 is 0 Å². The van der Waals surface area contributed by atoms with Gasteiger partial charge in [-0.05, 0) is 6.92 Å². The number of aliphatic hydroxyl groups is 1. The van der Waals surface area contributed by atoms with E-state index < -0.39 is 35.5 Å². The summed E-state index contributed by atoms with van der Waals surface area (Å²) in [4.78, 5) is 34.8. The van der Waals surface area contributed by atoms with E-state index in [1.165, 1.54) is 0 Å². The van der Waals surface area contributed by atoms with E-state index in [1.807, 2.05) is 0 Å². The first-order chi connectivity index (χ1) is 8.51. The highest BCUT2D eigenvalue weighted by Gasteiger charge is 2.76. The zero-order valence-corrected chi connectivity index (χ0v) is 9.80. The van der Waals surface area contributed by atoms with Gasteiger partial charge in [0.1, 0.15) is 5.54 Å². The van der Waals surface area contributed by atoms with E-state index in [4.69, 9.17) is 4.74 Å².